The molecule has 3 rings (SSSR count). The molecule has 2 aromatic heterocycles. The molecule has 0 radical (unpaired) electrons. The summed E-state index contributed by atoms with van der Waals surface area (Å²) in [5.41, 5.74) is 0.958. The summed E-state index contributed by atoms with van der Waals surface area (Å²) in [5, 5.41) is 22.4. The van der Waals surface area contributed by atoms with Crippen LogP contribution in [-0.4, -0.2) is 43.4 Å². The average molecular weight is 400 g/mol. The zero-order chi connectivity index (χ0) is 20.1. The van der Waals surface area contributed by atoms with Gasteiger partial charge in [0.1, 0.15) is 5.75 Å². The lowest BCUT2D eigenvalue weighted by atomic mass is 10.2. The smallest absolute Gasteiger partial charge is 0.271 e. The van der Waals surface area contributed by atoms with Crippen LogP contribution in [0.2, 0.25) is 0 Å². The Hall–Kier alpha value is -3.47. The van der Waals surface area contributed by atoms with Crippen molar-refractivity contribution in [3.05, 3.63) is 52.8 Å². The Morgan fingerprint density at radius 2 is 2.04 bits per heavy atom. The quantitative estimate of drug-likeness (QED) is 0.364. The van der Waals surface area contributed by atoms with Gasteiger partial charge in [0.05, 0.1) is 23.5 Å². The number of amides is 1. The highest BCUT2D eigenvalue weighted by Crippen LogP contribution is 2.29. The van der Waals surface area contributed by atoms with Crippen LogP contribution >= 0.6 is 11.8 Å². The fourth-order valence-corrected chi connectivity index (χ4v) is 3.13. The zero-order valence-corrected chi connectivity index (χ0v) is 15.8. The van der Waals surface area contributed by atoms with Crippen molar-refractivity contribution in [2.75, 3.05) is 18.2 Å². The topological polar surface area (TPSA) is 125 Å². The third kappa shape index (κ3) is 4.26. The molecule has 11 heteroatoms. The van der Waals surface area contributed by atoms with Crippen molar-refractivity contribution in [3.8, 4) is 17.1 Å². The van der Waals surface area contributed by atoms with Crippen molar-refractivity contribution in [2.45, 2.75) is 5.16 Å². The van der Waals surface area contributed by atoms with Gasteiger partial charge in [-0.1, -0.05) is 11.8 Å². The minimum atomic E-state index is -0.538. The maximum absolute atomic E-state index is 12.3. The number of thioether (sulfide) groups is 1. The second-order valence-electron chi connectivity index (χ2n) is 5.58. The van der Waals surface area contributed by atoms with E-state index >= 15 is 0 Å². The van der Waals surface area contributed by atoms with Gasteiger partial charge in [0, 0.05) is 37.1 Å². The molecule has 0 aliphatic carbocycles. The van der Waals surface area contributed by atoms with Crippen molar-refractivity contribution >= 4 is 29.0 Å². The van der Waals surface area contributed by atoms with E-state index in [1.54, 1.807) is 24.0 Å². The lowest BCUT2D eigenvalue weighted by Gasteiger charge is -2.09. The molecule has 28 heavy (non-hydrogen) atoms. The first-order valence-electron chi connectivity index (χ1n) is 8.04. The van der Waals surface area contributed by atoms with Crippen molar-refractivity contribution in [3.63, 3.8) is 0 Å². The molecule has 0 atom stereocenters. The molecule has 144 valence electrons. The minimum absolute atomic E-state index is 0.0498. The summed E-state index contributed by atoms with van der Waals surface area (Å²) < 4.78 is 6.92. The summed E-state index contributed by atoms with van der Waals surface area (Å²) in [5.74, 6) is 0.694. The highest BCUT2D eigenvalue weighted by Gasteiger charge is 2.16. The largest absolute Gasteiger partial charge is 0.495 e. The Morgan fingerprint density at radius 3 is 2.71 bits per heavy atom. The molecule has 0 saturated heterocycles. The number of methoxy groups -OCH3 is 1. The van der Waals surface area contributed by atoms with Crippen LogP contribution in [0, 0.1) is 10.1 Å². The molecule has 0 aliphatic rings. The van der Waals surface area contributed by atoms with E-state index in [1.807, 2.05) is 12.1 Å². The number of nitrogens with one attached hydrogen (secondary N) is 1. The number of nitro groups is 1. The van der Waals surface area contributed by atoms with E-state index in [9.17, 15) is 14.9 Å². The zero-order valence-electron chi connectivity index (χ0n) is 15.0. The maximum Gasteiger partial charge on any atom is 0.271 e. The van der Waals surface area contributed by atoms with Crippen LogP contribution in [-0.2, 0) is 11.8 Å². The monoisotopic (exact) mass is 400 g/mol. The number of anilines is 1. The van der Waals surface area contributed by atoms with Gasteiger partial charge in [-0.25, -0.2) is 0 Å². The Morgan fingerprint density at radius 1 is 1.29 bits per heavy atom. The molecular weight excluding hydrogens is 384 g/mol. The molecule has 0 aliphatic heterocycles. The third-order valence-electron chi connectivity index (χ3n) is 3.77. The van der Waals surface area contributed by atoms with Gasteiger partial charge < -0.3 is 14.6 Å². The summed E-state index contributed by atoms with van der Waals surface area (Å²) in [6, 6.07) is 7.64. The number of carbonyl (C=O) groups excluding carboxylic acids is 1. The number of aromatic nitrogens is 4. The highest BCUT2D eigenvalue weighted by molar-refractivity contribution is 7.99. The first-order chi connectivity index (χ1) is 13.5. The Bertz CT molecular complexity index is 1010. The predicted molar refractivity (Wildman–Crippen MR) is 103 cm³/mol. The number of rotatable bonds is 7. The second kappa shape index (κ2) is 8.48. The Kier molecular flexibility index (Phi) is 5.84. The van der Waals surface area contributed by atoms with Gasteiger partial charge >= 0.3 is 0 Å². The molecule has 1 aromatic carbocycles. The summed E-state index contributed by atoms with van der Waals surface area (Å²) >= 11 is 1.20. The maximum atomic E-state index is 12.3. The van der Waals surface area contributed by atoms with Crippen LogP contribution in [0.4, 0.5) is 11.4 Å². The Labute approximate surface area is 164 Å². The molecular formula is C17H16N6O4S. The first kappa shape index (κ1) is 19.3. The lowest BCUT2D eigenvalue weighted by molar-refractivity contribution is -0.384. The van der Waals surface area contributed by atoms with Crippen LogP contribution in [0.1, 0.15) is 0 Å². The number of carbonyl (C=O) groups is 1. The van der Waals surface area contributed by atoms with Crippen LogP contribution < -0.4 is 10.1 Å². The van der Waals surface area contributed by atoms with E-state index in [4.69, 9.17) is 4.74 Å². The van der Waals surface area contributed by atoms with Crippen molar-refractivity contribution in [2.24, 2.45) is 7.05 Å². The SMILES string of the molecule is COc1ccc([N+](=O)[O-])cc1NC(=O)CSc1nnc(-c2ccncc2)n1C. The number of nitrogens with zero attached hydrogens (tertiary/aromatic N) is 5. The minimum Gasteiger partial charge on any atom is -0.495 e. The van der Waals surface area contributed by atoms with Crippen molar-refractivity contribution < 1.29 is 14.5 Å². The number of benzene rings is 1. The molecule has 0 bridgehead atoms. The molecule has 3 aromatic rings. The molecule has 0 unspecified atom stereocenters. The van der Waals surface area contributed by atoms with Crippen LogP contribution in [0.5, 0.6) is 5.75 Å². The molecule has 10 nitrogen and oxygen atoms in total. The van der Waals surface area contributed by atoms with Gasteiger partial charge in [0.2, 0.25) is 5.91 Å². The van der Waals surface area contributed by atoms with Gasteiger partial charge in [0.25, 0.3) is 5.69 Å². The normalized spacial score (nSPS) is 10.5. The van der Waals surface area contributed by atoms with Crippen molar-refractivity contribution in [1.82, 2.24) is 19.7 Å². The van der Waals surface area contributed by atoms with E-state index in [1.165, 1.54) is 37.1 Å². The van der Waals surface area contributed by atoms with E-state index in [0.717, 1.165) is 5.56 Å². The van der Waals surface area contributed by atoms with E-state index in [-0.39, 0.29) is 23.0 Å². The van der Waals surface area contributed by atoms with Gasteiger partial charge in [-0.2, -0.15) is 0 Å². The second-order valence-corrected chi connectivity index (χ2v) is 6.52. The van der Waals surface area contributed by atoms with Crippen LogP contribution in [0.15, 0.2) is 47.9 Å². The number of hydrogen-bond acceptors (Lipinski definition) is 8. The lowest BCUT2D eigenvalue weighted by Crippen LogP contribution is -2.15. The van der Waals surface area contributed by atoms with Gasteiger partial charge in [-0.15, -0.1) is 10.2 Å². The first-order valence-corrected chi connectivity index (χ1v) is 9.03. The number of nitro benzene ring substituents is 1. The Balaban J connectivity index is 1.68. The van der Waals surface area contributed by atoms with E-state index in [2.05, 4.69) is 20.5 Å². The van der Waals surface area contributed by atoms with Gasteiger partial charge in [-0.3, -0.25) is 19.9 Å². The molecule has 1 N–H and O–H groups in total. The highest BCUT2D eigenvalue weighted by atomic mass is 32.2. The summed E-state index contributed by atoms with van der Waals surface area (Å²) in [6.07, 6.45) is 3.33. The van der Waals surface area contributed by atoms with Crippen LogP contribution in [0.3, 0.4) is 0 Å². The number of hydrogen-bond donors (Lipinski definition) is 1. The molecule has 1 amide bonds. The standard InChI is InChI=1S/C17H16N6O4S/c1-22-16(11-5-7-18-8-6-11)20-21-17(22)28-10-15(24)19-13-9-12(23(25)26)3-4-14(13)27-2/h3-9H,10H2,1-2H3,(H,19,24). The fourth-order valence-electron chi connectivity index (χ4n) is 2.42. The summed E-state index contributed by atoms with van der Waals surface area (Å²) in [4.78, 5) is 26.7. The number of non-ortho nitro benzene ring substituents is 1. The number of pyridine rings is 1. The molecule has 0 saturated carbocycles. The predicted octanol–water partition coefficient (Wildman–Crippen LogP) is 2.52. The van der Waals surface area contributed by atoms with Gasteiger partial charge in [-0.05, 0) is 18.2 Å². The van der Waals surface area contributed by atoms with Crippen LogP contribution in [0.25, 0.3) is 11.4 Å². The van der Waals surface area contributed by atoms with E-state index < -0.39 is 4.92 Å². The average Bonchev–Trinajstić information content (AvgIpc) is 3.07. The van der Waals surface area contributed by atoms with Crippen molar-refractivity contribution in [1.29, 1.82) is 0 Å². The summed E-state index contributed by atoms with van der Waals surface area (Å²) in [7, 11) is 3.23. The van der Waals surface area contributed by atoms with E-state index in [0.29, 0.717) is 16.7 Å². The number of ether oxygens (including phenoxy) is 1. The molecule has 0 fully saturated rings. The van der Waals surface area contributed by atoms with Gasteiger partial charge in [0.15, 0.2) is 11.0 Å². The molecule has 2 heterocycles. The molecule has 0 spiro atoms. The fraction of sp³-hybridized carbons (Fsp3) is 0.176. The summed E-state index contributed by atoms with van der Waals surface area (Å²) in [6.45, 7) is 0. The third-order valence-corrected chi connectivity index (χ3v) is 4.79.